The van der Waals surface area contributed by atoms with Crippen LogP contribution in [0, 0.1) is 0 Å². The molecule has 0 fully saturated rings. The van der Waals surface area contributed by atoms with E-state index in [1.807, 2.05) is 6.92 Å². The Bertz CT molecular complexity index is 764. The van der Waals surface area contributed by atoms with Gasteiger partial charge in [0, 0.05) is 12.7 Å². The molecule has 0 aliphatic heterocycles. The lowest BCUT2D eigenvalue weighted by Crippen LogP contribution is -2.25. The van der Waals surface area contributed by atoms with Crippen molar-refractivity contribution in [1.29, 1.82) is 0 Å². The molecule has 2 aromatic rings. The van der Waals surface area contributed by atoms with Crippen molar-refractivity contribution in [1.82, 2.24) is 24.6 Å². The van der Waals surface area contributed by atoms with Crippen molar-refractivity contribution >= 4 is 35.1 Å². The van der Waals surface area contributed by atoms with E-state index >= 15 is 0 Å². The maximum absolute atomic E-state index is 12.6. The minimum absolute atomic E-state index is 0.133. The molecule has 0 saturated heterocycles. The molecule has 154 valence electrons. The van der Waals surface area contributed by atoms with E-state index in [0.717, 1.165) is 36.8 Å². The van der Waals surface area contributed by atoms with Crippen LogP contribution >= 0.6 is 23.4 Å². The number of carbonyl (C=O) groups is 1. The van der Waals surface area contributed by atoms with Gasteiger partial charge in [0.1, 0.15) is 5.82 Å². The second kappa shape index (κ2) is 10.8. The average molecular weight is 425 g/mol. The lowest BCUT2D eigenvalue weighted by Gasteiger charge is -2.23. The Morgan fingerprint density at radius 1 is 1.32 bits per heavy atom. The number of thioether (sulfide) groups is 1. The minimum Gasteiger partial charge on any atom is -0.310 e. The predicted molar refractivity (Wildman–Crippen MR) is 115 cm³/mol. The van der Waals surface area contributed by atoms with Crippen LogP contribution in [0.25, 0.3) is 0 Å². The molecule has 9 heteroatoms. The predicted octanol–water partition coefficient (Wildman–Crippen LogP) is 4.26. The number of amides is 1. The minimum atomic E-state index is -0.339. The highest BCUT2D eigenvalue weighted by Gasteiger charge is 2.24. The van der Waals surface area contributed by atoms with Crippen molar-refractivity contribution in [2.24, 2.45) is 0 Å². The monoisotopic (exact) mass is 424 g/mol. The standard InChI is InChI=1S/C19H29ClN6OS/c1-6-8-11-26-17(15(7-2)25(4)5)23-24-19(26)28-13(3)18(27)22-16-10-9-14(20)12-21-16/h9-10,12-13,15H,6-8,11H2,1-5H3,(H,21,22,27). The number of carbonyl (C=O) groups excluding carboxylic acids is 1. The maximum Gasteiger partial charge on any atom is 0.238 e. The van der Waals surface area contributed by atoms with Crippen molar-refractivity contribution in [2.75, 3.05) is 19.4 Å². The molecule has 2 aromatic heterocycles. The van der Waals surface area contributed by atoms with Gasteiger partial charge in [-0.15, -0.1) is 10.2 Å². The van der Waals surface area contributed by atoms with Crippen molar-refractivity contribution in [2.45, 2.75) is 63.0 Å². The molecule has 2 heterocycles. The van der Waals surface area contributed by atoms with Crippen LogP contribution in [0.3, 0.4) is 0 Å². The van der Waals surface area contributed by atoms with Crippen LogP contribution in [0.15, 0.2) is 23.5 Å². The fraction of sp³-hybridized carbons (Fsp3) is 0.579. The van der Waals surface area contributed by atoms with Crippen molar-refractivity contribution in [3.8, 4) is 0 Å². The molecule has 2 atom stereocenters. The summed E-state index contributed by atoms with van der Waals surface area (Å²) in [6, 6.07) is 3.57. The van der Waals surface area contributed by atoms with Crippen LogP contribution in [0.5, 0.6) is 0 Å². The summed E-state index contributed by atoms with van der Waals surface area (Å²) in [6.07, 6.45) is 4.57. The lowest BCUT2D eigenvalue weighted by atomic mass is 10.2. The van der Waals surface area contributed by atoms with E-state index in [1.54, 1.807) is 12.1 Å². The highest BCUT2D eigenvalue weighted by Crippen LogP contribution is 2.28. The van der Waals surface area contributed by atoms with Crippen molar-refractivity contribution < 1.29 is 4.79 Å². The van der Waals surface area contributed by atoms with Crippen LogP contribution in [0.1, 0.15) is 51.9 Å². The Balaban J connectivity index is 2.15. The van der Waals surface area contributed by atoms with Crippen LogP contribution in [0.4, 0.5) is 5.82 Å². The van der Waals surface area contributed by atoms with E-state index in [0.29, 0.717) is 10.8 Å². The maximum atomic E-state index is 12.6. The smallest absolute Gasteiger partial charge is 0.238 e. The number of aromatic nitrogens is 4. The Kier molecular flexibility index (Phi) is 8.72. The number of rotatable bonds is 10. The Morgan fingerprint density at radius 2 is 2.07 bits per heavy atom. The van der Waals surface area contributed by atoms with Crippen LogP contribution in [-0.2, 0) is 11.3 Å². The number of pyridine rings is 1. The summed E-state index contributed by atoms with van der Waals surface area (Å²) in [6.45, 7) is 7.01. The van der Waals surface area contributed by atoms with Gasteiger partial charge < -0.3 is 9.88 Å². The largest absolute Gasteiger partial charge is 0.310 e. The van der Waals surface area contributed by atoms with Gasteiger partial charge in [0.25, 0.3) is 0 Å². The van der Waals surface area contributed by atoms with E-state index < -0.39 is 0 Å². The number of nitrogens with one attached hydrogen (secondary N) is 1. The van der Waals surface area contributed by atoms with E-state index in [4.69, 9.17) is 11.6 Å². The molecule has 7 nitrogen and oxygen atoms in total. The topological polar surface area (TPSA) is 75.9 Å². The number of hydrogen-bond acceptors (Lipinski definition) is 6. The number of unbranched alkanes of at least 4 members (excludes halogenated alkanes) is 1. The molecule has 0 radical (unpaired) electrons. The number of nitrogens with zero attached hydrogens (tertiary/aromatic N) is 5. The van der Waals surface area contributed by atoms with E-state index in [9.17, 15) is 4.79 Å². The third kappa shape index (κ3) is 5.93. The third-order valence-electron chi connectivity index (χ3n) is 4.42. The molecule has 0 aromatic carbocycles. The van der Waals surface area contributed by atoms with Gasteiger partial charge in [0.05, 0.1) is 16.3 Å². The first kappa shape index (κ1) is 22.6. The lowest BCUT2D eigenvalue weighted by molar-refractivity contribution is -0.115. The molecule has 1 amide bonds. The Labute approximate surface area is 176 Å². The fourth-order valence-electron chi connectivity index (χ4n) is 2.83. The summed E-state index contributed by atoms with van der Waals surface area (Å²) in [5.41, 5.74) is 0. The number of halogens is 1. The molecule has 0 saturated carbocycles. The Hall–Kier alpha value is -1.64. The molecule has 2 rings (SSSR count). The fourth-order valence-corrected chi connectivity index (χ4v) is 3.82. The first-order valence-corrected chi connectivity index (χ1v) is 10.8. The van der Waals surface area contributed by atoms with Gasteiger partial charge in [-0.2, -0.15) is 0 Å². The van der Waals surface area contributed by atoms with Gasteiger partial charge in [0.15, 0.2) is 11.0 Å². The van der Waals surface area contributed by atoms with Crippen LogP contribution < -0.4 is 5.32 Å². The zero-order valence-corrected chi connectivity index (χ0v) is 18.7. The zero-order valence-electron chi connectivity index (χ0n) is 17.1. The summed E-state index contributed by atoms with van der Waals surface area (Å²) in [4.78, 5) is 18.8. The molecule has 2 unspecified atom stereocenters. The van der Waals surface area contributed by atoms with Gasteiger partial charge >= 0.3 is 0 Å². The van der Waals surface area contributed by atoms with Crippen molar-refractivity contribution in [3.63, 3.8) is 0 Å². The Morgan fingerprint density at radius 3 is 2.64 bits per heavy atom. The molecular weight excluding hydrogens is 396 g/mol. The summed E-state index contributed by atoms with van der Waals surface area (Å²) in [5, 5.41) is 12.6. The number of anilines is 1. The average Bonchev–Trinajstić information content (AvgIpc) is 3.04. The van der Waals surface area contributed by atoms with E-state index in [-0.39, 0.29) is 17.2 Å². The third-order valence-corrected chi connectivity index (χ3v) is 5.72. The molecule has 1 N–H and O–H groups in total. The second-order valence-corrected chi connectivity index (χ2v) is 8.59. The summed E-state index contributed by atoms with van der Waals surface area (Å²) in [7, 11) is 4.10. The highest BCUT2D eigenvalue weighted by atomic mass is 35.5. The molecule has 0 spiro atoms. The van der Waals surface area contributed by atoms with Crippen molar-refractivity contribution in [3.05, 3.63) is 29.2 Å². The first-order chi connectivity index (χ1) is 13.4. The zero-order chi connectivity index (χ0) is 20.7. The van der Waals surface area contributed by atoms with E-state index in [1.165, 1.54) is 18.0 Å². The van der Waals surface area contributed by atoms with Gasteiger partial charge in [-0.1, -0.05) is 43.6 Å². The normalized spacial score (nSPS) is 13.5. The van der Waals surface area contributed by atoms with Gasteiger partial charge in [-0.05, 0) is 46.0 Å². The quantitative estimate of drug-likeness (QED) is 0.574. The SMILES string of the molecule is CCCCn1c(SC(C)C(=O)Nc2ccc(Cl)cn2)nnc1C(CC)N(C)C. The van der Waals surface area contributed by atoms with Gasteiger partial charge in [-0.3, -0.25) is 9.69 Å². The van der Waals surface area contributed by atoms with Gasteiger partial charge in [0.2, 0.25) is 5.91 Å². The summed E-state index contributed by atoms with van der Waals surface area (Å²) >= 11 is 7.25. The first-order valence-electron chi connectivity index (χ1n) is 9.55. The summed E-state index contributed by atoms with van der Waals surface area (Å²) in [5.74, 6) is 1.30. The molecule has 0 aliphatic carbocycles. The van der Waals surface area contributed by atoms with Crippen LogP contribution in [0.2, 0.25) is 5.02 Å². The molecule has 0 bridgehead atoms. The second-order valence-electron chi connectivity index (χ2n) is 6.84. The van der Waals surface area contributed by atoms with Crippen LogP contribution in [-0.4, -0.2) is 49.9 Å². The van der Waals surface area contributed by atoms with E-state index in [2.05, 4.69) is 57.9 Å². The molecular formula is C19H29ClN6OS. The number of hydrogen-bond donors (Lipinski definition) is 1. The highest BCUT2D eigenvalue weighted by molar-refractivity contribution is 8.00. The van der Waals surface area contributed by atoms with Gasteiger partial charge in [-0.25, -0.2) is 4.98 Å². The summed E-state index contributed by atoms with van der Waals surface area (Å²) < 4.78 is 2.16. The molecule has 28 heavy (non-hydrogen) atoms. The molecule has 0 aliphatic rings.